The smallest absolute Gasteiger partial charge is 0.249 e. The average Bonchev–Trinajstić information content (AvgIpc) is 3.40. The van der Waals surface area contributed by atoms with E-state index in [0.29, 0.717) is 31.2 Å². The molecule has 8 nitrogen and oxygen atoms in total. The lowest BCUT2D eigenvalue weighted by atomic mass is 9.98. The fourth-order valence-electron chi connectivity index (χ4n) is 3.77. The number of ether oxygens (including phenoxy) is 1. The van der Waals surface area contributed by atoms with Crippen LogP contribution in [0, 0.1) is 6.92 Å². The number of hydrogen-bond acceptors (Lipinski definition) is 7. The minimum Gasteiger partial charge on any atom is -0.363 e. The van der Waals surface area contributed by atoms with E-state index in [2.05, 4.69) is 15.5 Å². The molecule has 2 saturated heterocycles. The third-order valence-electron chi connectivity index (χ3n) is 5.05. The summed E-state index contributed by atoms with van der Waals surface area (Å²) >= 11 is 1.62. The Kier molecular flexibility index (Phi) is 5.22. The first kappa shape index (κ1) is 18.1. The number of nitrogens with one attached hydrogen (secondary N) is 1. The first-order valence-electron chi connectivity index (χ1n) is 9.14. The lowest BCUT2D eigenvalue weighted by molar-refractivity contribution is -0.147. The van der Waals surface area contributed by atoms with E-state index >= 15 is 0 Å². The summed E-state index contributed by atoms with van der Waals surface area (Å²) in [6.07, 6.45) is 1.68. The lowest BCUT2D eigenvalue weighted by Gasteiger charge is -2.35. The molecule has 144 valence electrons. The average molecular weight is 390 g/mol. The monoisotopic (exact) mass is 390 g/mol. The third kappa shape index (κ3) is 4.03. The molecule has 2 amide bonds. The van der Waals surface area contributed by atoms with Crippen molar-refractivity contribution in [1.82, 2.24) is 20.4 Å². The predicted molar refractivity (Wildman–Crippen MR) is 96.9 cm³/mol. The van der Waals surface area contributed by atoms with Gasteiger partial charge in [-0.25, -0.2) is 0 Å². The van der Waals surface area contributed by atoms with Gasteiger partial charge >= 0.3 is 0 Å². The van der Waals surface area contributed by atoms with E-state index in [9.17, 15) is 9.59 Å². The highest BCUT2D eigenvalue weighted by Crippen LogP contribution is 2.32. The van der Waals surface area contributed by atoms with Gasteiger partial charge in [0.1, 0.15) is 12.5 Å². The minimum absolute atomic E-state index is 0.0165. The van der Waals surface area contributed by atoms with Gasteiger partial charge in [0.25, 0.3) is 0 Å². The Balaban J connectivity index is 1.30. The van der Waals surface area contributed by atoms with Crippen LogP contribution in [0.5, 0.6) is 0 Å². The number of amides is 2. The van der Waals surface area contributed by atoms with Crippen molar-refractivity contribution in [1.29, 1.82) is 0 Å². The molecule has 0 radical (unpaired) electrons. The lowest BCUT2D eigenvalue weighted by Crippen LogP contribution is -2.49. The molecule has 4 heterocycles. The number of carbonyl (C=O) groups excluding carboxylic acids is 2. The number of likely N-dealkylation sites (tertiary alicyclic amines) is 1. The summed E-state index contributed by atoms with van der Waals surface area (Å²) in [6.45, 7) is 2.88. The molecule has 0 saturated carbocycles. The number of aromatic nitrogens is 2. The van der Waals surface area contributed by atoms with Crippen LogP contribution in [0.15, 0.2) is 22.0 Å². The Labute approximate surface area is 160 Å². The van der Waals surface area contributed by atoms with Crippen molar-refractivity contribution >= 4 is 23.2 Å². The molecule has 0 spiro atoms. The molecule has 2 aromatic rings. The van der Waals surface area contributed by atoms with Crippen molar-refractivity contribution in [3.63, 3.8) is 0 Å². The van der Waals surface area contributed by atoms with Crippen LogP contribution in [0.4, 0.5) is 0 Å². The zero-order valence-corrected chi connectivity index (χ0v) is 15.9. The molecule has 0 aromatic carbocycles. The van der Waals surface area contributed by atoms with Crippen molar-refractivity contribution in [2.75, 3.05) is 6.54 Å². The van der Waals surface area contributed by atoms with Crippen molar-refractivity contribution in [3.05, 3.63) is 34.1 Å². The number of fused-ring (bicyclic) bond motifs is 1. The van der Waals surface area contributed by atoms with Gasteiger partial charge in [0, 0.05) is 11.4 Å². The summed E-state index contributed by atoms with van der Waals surface area (Å²) in [5.74, 6) is 0.751. The fourth-order valence-corrected chi connectivity index (χ4v) is 4.42. The second-order valence-electron chi connectivity index (χ2n) is 6.89. The van der Waals surface area contributed by atoms with Crippen LogP contribution >= 0.6 is 11.3 Å². The largest absolute Gasteiger partial charge is 0.363 e. The maximum absolute atomic E-state index is 12.6. The SMILES string of the molecule is Cc1noc(CC(=O)N2CC[C@H]3O[C@H](C(=O)NCc4cccs4)CC[C@H]32)n1. The Hall–Kier alpha value is -2.26. The topological polar surface area (TPSA) is 97.6 Å². The molecule has 9 heteroatoms. The normalized spacial score (nSPS) is 24.6. The molecular weight excluding hydrogens is 368 g/mol. The van der Waals surface area contributed by atoms with Gasteiger partial charge in [0.15, 0.2) is 5.82 Å². The van der Waals surface area contributed by atoms with Crippen molar-refractivity contribution < 1.29 is 18.8 Å². The van der Waals surface area contributed by atoms with E-state index in [1.165, 1.54) is 0 Å². The summed E-state index contributed by atoms with van der Waals surface area (Å²) in [5, 5.41) is 8.65. The van der Waals surface area contributed by atoms with Gasteiger partial charge in [-0.1, -0.05) is 11.2 Å². The van der Waals surface area contributed by atoms with Crippen LogP contribution in [-0.4, -0.2) is 51.6 Å². The first-order valence-corrected chi connectivity index (χ1v) is 10.0. The van der Waals surface area contributed by atoms with Crippen LogP contribution < -0.4 is 5.32 Å². The highest BCUT2D eigenvalue weighted by molar-refractivity contribution is 7.09. The Bertz CT molecular complexity index is 806. The van der Waals surface area contributed by atoms with E-state index in [1.54, 1.807) is 18.3 Å². The summed E-state index contributed by atoms with van der Waals surface area (Å²) in [5.41, 5.74) is 0. The Morgan fingerprint density at radius 1 is 1.37 bits per heavy atom. The van der Waals surface area contributed by atoms with E-state index in [0.717, 1.165) is 17.7 Å². The molecular formula is C18H22N4O4S. The van der Waals surface area contributed by atoms with Gasteiger partial charge in [-0.05, 0) is 37.6 Å². The molecule has 2 aromatic heterocycles. The quantitative estimate of drug-likeness (QED) is 0.830. The highest BCUT2D eigenvalue weighted by Gasteiger charge is 2.43. The minimum atomic E-state index is -0.445. The summed E-state index contributed by atoms with van der Waals surface area (Å²) < 4.78 is 11.1. The zero-order chi connectivity index (χ0) is 18.8. The van der Waals surface area contributed by atoms with E-state index in [1.807, 2.05) is 22.4 Å². The molecule has 27 heavy (non-hydrogen) atoms. The van der Waals surface area contributed by atoms with Gasteiger partial charge in [-0.3, -0.25) is 9.59 Å². The van der Waals surface area contributed by atoms with Gasteiger partial charge in [-0.15, -0.1) is 11.3 Å². The number of aryl methyl sites for hydroxylation is 1. The highest BCUT2D eigenvalue weighted by atomic mass is 32.1. The Morgan fingerprint density at radius 2 is 2.26 bits per heavy atom. The zero-order valence-electron chi connectivity index (χ0n) is 15.1. The second kappa shape index (κ2) is 7.77. The van der Waals surface area contributed by atoms with Crippen LogP contribution in [0.2, 0.25) is 0 Å². The third-order valence-corrected chi connectivity index (χ3v) is 5.93. The van der Waals surface area contributed by atoms with Crippen molar-refractivity contribution in [3.8, 4) is 0 Å². The molecule has 4 rings (SSSR count). The molecule has 0 unspecified atom stereocenters. The molecule has 3 atom stereocenters. The number of rotatable bonds is 5. The number of nitrogens with zero attached hydrogens (tertiary/aromatic N) is 3. The maximum Gasteiger partial charge on any atom is 0.249 e. The van der Waals surface area contributed by atoms with E-state index in [-0.39, 0.29) is 30.4 Å². The van der Waals surface area contributed by atoms with Gasteiger partial charge in [0.05, 0.1) is 18.7 Å². The molecule has 2 aliphatic rings. The summed E-state index contributed by atoms with van der Waals surface area (Å²) in [4.78, 5) is 32.0. The maximum atomic E-state index is 12.6. The van der Waals surface area contributed by atoms with E-state index < -0.39 is 6.10 Å². The number of hydrogen-bond donors (Lipinski definition) is 1. The van der Waals surface area contributed by atoms with Crippen LogP contribution in [-0.2, 0) is 27.3 Å². The van der Waals surface area contributed by atoms with Crippen LogP contribution in [0.1, 0.15) is 35.9 Å². The molecule has 1 N–H and O–H groups in total. The molecule has 2 aliphatic heterocycles. The Morgan fingerprint density at radius 3 is 3.00 bits per heavy atom. The molecule has 2 fully saturated rings. The van der Waals surface area contributed by atoms with E-state index in [4.69, 9.17) is 9.26 Å². The van der Waals surface area contributed by atoms with Gasteiger partial charge in [-0.2, -0.15) is 4.98 Å². The number of carbonyl (C=O) groups is 2. The van der Waals surface area contributed by atoms with Crippen LogP contribution in [0.25, 0.3) is 0 Å². The molecule has 0 aliphatic carbocycles. The summed E-state index contributed by atoms with van der Waals surface area (Å²) in [6, 6.07) is 3.98. The van der Waals surface area contributed by atoms with Crippen LogP contribution in [0.3, 0.4) is 0 Å². The van der Waals surface area contributed by atoms with Gasteiger partial charge in [0.2, 0.25) is 17.7 Å². The summed E-state index contributed by atoms with van der Waals surface area (Å²) in [7, 11) is 0. The van der Waals surface area contributed by atoms with Crippen molar-refractivity contribution in [2.45, 2.75) is 57.4 Å². The molecule has 0 bridgehead atoms. The second-order valence-corrected chi connectivity index (χ2v) is 7.93. The van der Waals surface area contributed by atoms with Gasteiger partial charge < -0.3 is 19.5 Å². The fraction of sp³-hybridized carbons (Fsp3) is 0.556. The standard InChI is InChI=1S/C18H22N4O4S/c1-11-20-16(26-21-11)9-17(23)22-7-6-14-13(22)4-5-15(25-14)18(24)19-10-12-3-2-8-27-12/h2-3,8,13-15H,4-7,9-10H2,1H3,(H,19,24)/t13-,14-,15+/m1/s1. The predicted octanol–water partition coefficient (Wildman–Crippen LogP) is 1.45. The van der Waals surface area contributed by atoms with Crippen molar-refractivity contribution in [2.24, 2.45) is 0 Å². The number of thiophene rings is 1. The first-order chi connectivity index (χ1) is 13.1.